The van der Waals surface area contributed by atoms with Crippen molar-refractivity contribution in [1.82, 2.24) is 0 Å². The molecule has 0 saturated heterocycles. The van der Waals surface area contributed by atoms with Crippen molar-refractivity contribution in [3.63, 3.8) is 0 Å². The number of esters is 1. The Labute approximate surface area is 97.0 Å². The summed E-state index contributed by atoms with van der Waals surface area (Å²) in [5.74, 6) is -0.357. The minimum atomic E-state index is -0.357. The van der Waals surface area contributed by atoms with Crippen LogP contribution in [0.3, 0.4) is 0 Å². The van der Waals surface area contributed by atoms with Gasteiger partial charge in [0.25, 0.3) is 0 Å². The van der Waals surface area contributed by atoms with Gasteiger partial charge in [-0.05, 0) is 35.2 Å². The monoisotopic (exact) mass is 226 g/mol. The topological polar surface area (TPSA) is 26.3 Å². The van der Waals surface area contributed by atoms with E-state index in [1.807, 2.05) is 20.8 Å². The molecule has 0 fully saturated rings. The van der Waals surface area contributed by atoms with Crippen molar-refractivity contribution < 1.29 is 9.53 Å². The third kappa shape index (κ3) is 4.91. The van der Waals surface area contributed by atoms with Crippen molar-refractivity contribution in [3.8, 4) is 0 Å². The first kappa shape index (κ1) is 14.1. The minimum Gasteiger partial charge on any atom is -0.463 e. The molecule has 3 heteroatoms. The Bertz CT molecular complexity index is 304. The predicted molar refractivity (Wildman–Crippen MR) is 66.0 cm³/mol. The molecule has 0 rings (SSSR count). The number of hydrogen-bond donors (Lipinski definition) is 0. The average molecular weight is 226 g/mol. The summed E-state index contributed by atoms with van der Waals surface area (Å²) in [6.07, 6.45) is 0.436. The molecule has 0 aromatic heterocycles. The molecule has 0 radical (unpaired) electrons. The molecule has 84 valence electrons. The van der Waals surface area contributed by atoms with E-state index in [9.17, 15) is 4.79 Å². The second-order valence-corrected chi connectivity index (χ2v) is 4.54. The molecule has 0 bridgehead atoms. The SMILES string of the molecule is C=C(CC(=C=S)C(C)(C)C)C(=O)OCC. The Balaban J connectivity index is 4.54. The van der Waals surface area contributed by atoms with Gasteiger partial charge in [-0.25, -0.2) is 4.79 Å². The van der Waals surface area contributed by atoms with Crippen LogP contribution in [0.1, 0.15) is 34.1 Å². The first-order chi connectivity index (χ1) is 6.82. The molecule has 0 aromatic rings. The number of thiocarbonyl (C=S) groups is 1. The van der Waals surface area contributed by atoms with Gasteiger partial charge in [0.15, 0.2) is 0 Å². The quantitative estimate of drug-likeness (QED) is 0.418. The van der Waals surface area contributed by atoms with E-state index in [2.05, 4.69) is 11.6 Å². The average Bonchev–Trinajstić information content (AvgIpc) is 2.12. The second-order valence-electron chi connectivity index (χ2n) is 4.33. The van der Waals surface area contributed by atoms with Crippen LogP contribution in [0, 0.1) is 5.41 Å². The molecular formula is C12H18O2S. The molecule has 0 saturated carbocycles. The summed E-state index contributed by atoms with van der Waals surface area (Å²) in [5.41, 5.74) is 1.24. The molecule has 0 aliphatic rings. The summed E-state index contributed by atoms with van der Waals surface area (Å²) < 4.78 is 4.85. The van der Waals surface area contributed by atoms with E-state index >= 15 is 0 Å². The van der Waals surface area contributed by atoms with Gasteiger partial charge in [-0.3, -0.25) is 0 Å². The maximum atomic E-state index is 11.3. The lowest BCUT2D eigenvalue weighted by Crippen LogP contribution is -2.14. The van der Waals surface area contributed by atoms with Crippen LogP contribution in [0.15, 0.2) is 17.7 Å². The largest absolute Gasteiger partial charge is 0.463 e. The summed E-state index contributed by atoms with van der Waals surface area (Å²) in [6.45, 7) is 11.9. The Morgan fingerprint density at radius 2 is 2.00 bits per heavy atom. The van der Waals surface area contributed by atoms with Crippen LogP contribution in [0.4, 0.5) is 0 Å². The maximum Gasteiger partial charge on any atom is 0.333 e. The zero-order valence-electron chi connectivity index (χ0n) is 9.85. The minimum absolute atomic E-state index is 0.0861. The summed E-state index contributed by atoms with van der Waals surface area (Å²) in [7, 11) is 0. The van der Waals surface area contributed by atoms with Crippen molar-refractivity contribution in [2.75, 3.05) is 6.61 Å². The normalized spacial score (nSPS) is 10.4. The molecule has 0 N–H and O–H groups in total. The highest BCUT2D eigenvalue weighted by Gasteiger charge is 2.20. The molecule has 0 heterocycles. The maximum absolute atomic E-state index is 11.3. The summed E-state index contributed by atoms with van der Waals surface area (Å²) in [6, 6.07) is 0. The standard InChI is InChI=1S/C12H18O2S/c1-6-14-11(13)9(2)7-10(8-15)12(3,4)5/h2,6-7H2,1,3-5H3. The Hall–Kier alpha value is -0.920. The van der Waals surface area contributed by atoms with Crippen LogP contribution < -0.4 is 0 Å². The number of hydrogen-bond acceptors (Lipinski definition) is 3. The van der Waals surface area contributed by atoms with E-state index in [-0.39, 0.29) is 11.4 Å². The van der Waals surface area contributed by atoms with Crippen LogP contribution in [-0.4, -0.2) is 17.6 Å². The molecule has 0 spiro atoms. The van der Waals surface area contributed by atoms with Gasteiger partial charge in [-0.15, -0.1) is 0 Å². The fourth-order valence-corrected chi connectivity index (χ4v) is 1.35. The van der Waals surface area contributed by atoms with E-state index in [0.717, 1.165) is 5.57 Å². The van der Waals surface area contributed by atoms with E-state index in [1.165, 1.54) is 0 Å². The number of ether oxygens (including phenoxy) is 1. The zero-order valence-corrected chi connectivity index (χ0v) is 10.7. The van der Waals surface area contributed by atoms with Crippen LogP contribution >= 0.6 is 12.2 Å². The Morgan fingerprint density at radius 3 is 2.33 bits per heavy atom. The van der Waals surface area contributed by atoms with Crippen molar-refractivity contribution in [2.24, 2.45) is 5.41 Å². The van der Waals surface area contributed by atoms with Crippen LogP contribution in [0.5, 0.6) is 0 Å². The van der Waals surface area contributed by atoms with Crippen LogP contribution in [-0.2, 0) is 9.53 Å². The molecule has 2 nitrogen and oxygen atoms in total. The molecule has 0 atom stereocenters. The molecule has 0 amide bonds. The first-order valence-electron chi connectivity index (χ1n) is 4.92. The lowest BCUT2D eigenvalue weighted by atomic mass is 9.84. The molecule has 15 heavy (non-hydrogen) atoms. The summed E-state index contributed by atoms with van der Waals surface area (Å²) >= 11 is 4.81. The molecule has 0 aliphatic carbocycles. The van der Waals surface area contributed by atoms with E-state index in [0.29, 0.717) is 18.6 Å². The first-order valence-corrected chi connectivity index (χ1v) is 5.33. The molecule has 0 aliphatic heterocycles. The van der Waals surface area contributed by atoms with Gasteiger partial charge in [0.1, 0.15) is 0 Å². The Morgan fingerprint density at radius 1 is 1.47 bits per heavy atom. The number of carbonyl (C=O) groups is 1. The highest BCUT2D eigenvalue weighted by atomic mass is 32.1. The van der Waals surface area contributed by atoms with Crippen molar-refractivity contribution in [2.45, 2.75) is 34.1 Å². The number of rotatable bonds is 4. The lowest BCUT2D eigenvalue weighted by Gasteiger charge is -2.20. The van der Waals surface area contributed by atoms with E-state index < -0.39 is 0 Å². The second kappa shape index (κ2) is 5.84. The summed E-state index contributed by atoms with van der Waals surface area (Å²) in [4.78, 5) is 11.3. The van der Waals surface area contributed by atoms with Crippen LogP contribution in [0.25, 0.3) is 0 Å². The van der Waals surface area contributed by atoms with Gasteiger partial charge < -0.3 is 4.74 Å². The van der Waals surface area contributed by atoms with Gasteiger partial charge in [-0.2, -0.15) is 0 Å². The van der Waals surface area contributed by atoms with Crippen LogP contribution in [0.2, 0.25) is 0 Å². The zero-order chi connectivity index (χ0) is 12.1. The highest BCUT2D eigenvalue weighted by molar-refractivity contribution is 7.78. The third-order valence-corrected chi connectivity index (χ3v) is 2.23. The fourth-order valence-electron chi connectivity index (χ4n) is 0.973. The number of allylic oxidation sites excluding steroid dienone is 1. The van der Waals surface area contributed by atoms with Crippen molar-refractivity contribution in [1.29, 1.82) is 0 Å². The highest BCUT2D eigenvalue weighted by Crippen LogP contribution is 2.28. The predicted octanol–water partition coefficient (Wildman–Crippen LogP) is 3.07. The smallest absolute Gasteiger partial charge is 0.333 e. The summed E-state index contributed by atoms with van der Waals surface area (Å²) in [5, 5.41) is 2.70. The fraction of sp³-hybridized carbons (Fsp3) is 0.583. The van der Waals surface area contributed by atoms with Gasteiger partial charge in [0.2, 0.25) is 0 Å². The lowest BCUT2D eigenvalue weighted by molar-refractivity contribution is -0.138. The van der Waals surface area contributed by atoms with E-state index in [1.54, 1.807) is 6.92 Å². The molecular weight excluding hydrogens is 208 g/mol. The molecule has 0 unspecified atom stereocenters. The molecule has 0 aromatic carbocycles. The van der Waals surface area contributed by atoms with Gasteiger partial charge >= 0.3 is 5.97 Å². The third-order valence-electron chi connectivity index (χ3n) is 1.98. The van der Waals surface area contributed by atoms with E-state index in [4.69, 9.17) is 17.0 Å². The van der Waals surface area contributed by atoms with Gasteiger partial charge in [0, 0.05) is 12.0 Å². The van der Waals surface area contributed by atoms with Gasteiger partial charge in [0.05, 0.1) is 6.61 Å². The van der Waals surface area contributed by atoms with Gasteiger partial charge in [-0.1, -0.05) is 27.4 Å². The number of carbonyl (C=O) groups excluding carboxylic acids is 1. The van der Waals surface area contributed by atoms with Crippen molar-refractivity contribution >= 4 is 23.2 Å². The van der Waals surface area contributed by atoms with Crippen molar-refractivity contribution in [3.05, 3.63) is 17.7 Å². The Kier molecular flexibility index (Phi) is 5.48.